The van der Waals surface area contributed by atoms with Crippen LogP contribution in [-0.4, -0.2) is 25.4 Å². The first-order chi connectivity index (χ1) is 4.06. The van der Waals surface area contributed by atoms with Crippen LogP contribution in [0.4, 0.5) is 4.39 Å². The van der Waals surface area contributed by atoms with Crippen LogP contribution in [0.3, 0.4) is 0 Å². The third-order valence-corrected chi connectivity index (χ3v) is 1.59. The third kappa shape index (κ3) is 11.3. The van der Waals surface area contributed by atoms with E-state index in [1.54, 1.807) is 0 Å². The van der Waals surface area contributed by atoms with Crippen molar-refractivity contribution in [2.75, 3.05) is 12.4 Å². The molecule has 0 bridgehead atoms. The van der Waals surface area contributed by atoms with Gasteiger partial charge in [-0.15, -0.1) is 0 Å². The molecule has 0 aliphatic carbocycles. The van der Waals surface area contributed by atoms with Crippen LogP contribution in [0.5, 0.6) is 0 Å². The average Bonchev–Trinajstić information content (AvgIpc) is 1.63. The van der Waals surface area contributed by atoms with Gasteiger partial charge in [0.05, 0.1) is 12.4 Å². The number of alkyl halides is 1. The monoisotopic (exact) mass is 164 g/mol. The Morgan fingerprint density at radius 3 is 2.20 bits per heavy atom. The van der Waals surface area contributed by atoms with Crippen molar-refractivity contribution >= 4 is 10.1 Å². The molecule has 0 heterocycles. The van der Waals surface area contributed by atoms with Crippen LogP contribution >= 0.6 is 0 Å². The molecule has 1 N–H and O–H groups in total. The minimum atomic E-state index is -3.86. The van der Waals surface area contributed by atoms with E-state index in [0.29, 0.717) is 0 Å². The number of halogens is 1. The molecule has 0 aliphatic rings. The van der Waals surface area contributed by atoms with Crippen molar-refractivity contribution in [1.29, 1.82) is 0 Å². The molecule has 0 unspecified atom stereocenters. The summed E-state index contributed by atoms with van der Waals surface area (Å²) >= 11 is 0. The molecule has 0 aromatic carbocycles. The van der Waals surface area contributed by atoms with E-state index in [0.717, 1.165) is 0 Å². The van der Waals surface area contributed by atoms with Gasteiger partial charge in [-0.2, -0.15) is 8.42 Å². The first-order valence-electron chi connectivity index (χ1n) is 2.57. The predicted molar refractivity (Wildman–Crippen MR) is 32.7 cm³/mol. The number of hydrogen-bond donors (Lipinski definition) is 1. The van der Waals surface area contributed by atoms with Gasteiger partial charge in [-0.25, -0.2) is 0 Å². The molecule has 10 heavy (non-hydrogen) atoms. The van der Waals surface area contributed by atoms with E-state index in [9.17, 15) is 12.8 Å². The third-order valence-electron chi connectivity index (χ3n) is 0.786. The second-order valence-corrected chi connectivity index (χ2v) is 3.25. The summed E-state index contributed by atoms with van der Waals surface area (Å²) in [5.74, 6) is -0.336. The molecule has 0 aliphatic heterocycles. The van der Waals surface area contributed by atoms with E-state index in [1.807, 2.05) is 0 Å². The van der Waals surface area contributed by atoms with Gasteiger partial charge >= 0.3 is 18.9 Å². The zero-order valence-electron chi connectivity index (χ0n) is 6.88. The molecule has 0 radical (unpaired) electrons. The quantitative estimate of drug-likeness (QED) is 0.290. The van der Waals surface area contributed by atoms with Crippen LogP contribution in [0.15, 0.2) is 0 Å². The van der Waals surface area contributed by atoms with Crippen molar-refractivity contribution in [2.45, 2.75) is 12.8 Å². The van der Waals surface area contributed by atoms with Crippen LogP contribution in [0.1, 0.15) is 14.3 Å². The average molecular weight is 164 g/mol. The van der Waals surface area contributed by atoms with E-state index in [-0.39, 0.29) is 38.9 Å². The van der Waals surface area contributed by atoms with Crippen molar-refractivity contribution in [3.05, 3.63) is 0 Å². The minimum absolute atomic E-state index is 0. The van der Waals surface area contributed by atoms with Gasteiger partial charge in [0.2, 0.25) is 0 Å². The van der Waals surface area contributed by atoms with Gasteiger partial charge in [0, 0.05) is 0 Å². The largest absolute Gasteiger partial charge is 1.00 e. The van der Waals surface area contributed by atoms with Crippen molar-refractivity contribution in [2.24, 2.45) is 0 Å². The molecule has 0 saturated heterocycles. The second-order valence-electron chi connectivity index (χ2n) is 1.68. The van der Waals surface area contributed by atoms with Crippen LogP contribution in [0.2, 0.25) is 0 Å². The summed E-state index contributed by atoms with van der Waals surface area (Å²) in [6.07, 6.45) is 0.384. The van der Waals surface area contributed by atoms with E-state index in [1.165, 1.54) is 0 Å². The maximum Gasteiger partial charge on any atom is 1.00 e. The second kappa shape index (κ2) is 6.17. The van der Waals surface area contributed by atoms with Crippen molar-refractivity contribution in [1.82, 2.24) is 0 Å². The van der Waals surface area contributed by atoms with E-state index >= 15 is 0 Å². The van der Waals surface area contributed by atoms with Gasteiger partial charge in [0.1, 0.15) is 0 Å². The summed E-state index contributed by atoms with van der Waals surface area (Å²) in [6, 6.07) is 0. The van der Waals surface area contributed by atoms with E-state index in [4.69, 9.17) is 4.55 Å². The first kappa shape index (κ1) is 13.1. The molecule has 58 valence electrons. The number of rotatable bonds is 4. The molecule has 0 amide bonds. The summed E-state index contributed by atoms with van der Waals surface area (Å²) in [4.78, 5) is 0. The fourth-order valence-electron chi connectivity index (χ4n) is 0.379. The number of unbranched alkanes of at least 4 members (excludes halogenated alkanes) is 1. The van der Waals surface area contributed by atoms with Crippen molar-refractivity contribution in [3.8, 4) is 0 Å². The van der Waals surface area contributed by atoms with Crippen LogP contribution in [0.25, 0.3) is 0 Å². The van der Waals surface area contributed by atoms with E-state index < -0.39 is 16.8 Å². The smallest absolute Gasteiger partial charge is 1.00 e. The Balaban J connectivity index is -0.000000320. The van der Waals surface area contributed by atoms with Gasteiger partial charge < -0.3 is 1.43 Å². The summed E-state index contributed by atoms with van der Waals surface area (Å²) in [7, 11) is -3.86. The maximum absolute atomic E-state index is 11.3. The van der Waals surface area contributed by atoms with E-state index in [2.05, 4.69) is 0 Å². The Morgan fingerprint density at radius 2 is 1.90 bits per heavy atom. The van der Waals surface area contributed by atoms with Crippen LogP contribution in [-0.2, 0) is 10.1 Å². The number of hydrogen-bond acceptors (Lipinski definition) is 2. The normalized spacial score (nSPS) is 10.6. The van der Waals surface area contributed by atoms with Gasteiger partial charge in [0.25, 0.3) is 10.1 Å². The minimum Gasteiger partial charge on any atom is -1.00 e. The fourth-order valence-corrected chi connectivity index (χ4v) is 0.948. The molecule has 0 fully saturated rings. The SMILES string of the molecule is O=S(=O)(O)CCCCF.[H-].[Li+]. The van der Waals surface area contributed by atoms with Gasteiger partial charge in [0.15, 0.2) is 0 Å². The molecule has 0 spiro atoms. The summed E-state index contributed by atoms with van der Waals surface area (Å²) in [5.41, 5.74) is 0. The van der Waals surface area contributed by atoms with Crippen molar-refractivity contribution < 1.29 is 37.6 Å². The van der Waals surface area contributed by atoms with Crippen LogP contribution < -0.4 is 18.9 Å². The molecule has 0 saturated carbocycles. The van der Waals surface area contributed by atoms with Crippen LogP contribution in [0, 0.1) is 0 Å². The summed E-state index contributed by atoms with van der Waals surface area (Å²) in [6.45, 7) is -0.532. The fraction of sp³-hybridized carbons (Fsp3) is 1.00. The first-order valence-corrected chi connectivity index (χ1v) is 4.18. The molecule has 3 nitrogen and oxygen atoms in total. The van der Waals surface area contributed by atoms with Gasteiger partial charge in [-0.3, -0.25) is 8.94 Å². The Hall–Kier alpha value is 0.437. The zero-order chi connectivity index (χ0) is 7.33. The Bertz CT molecular complexity index is 161. The topological polar surface area (TPSA) is 54.4 Å². The molecule has 0 aromatic rings. The molecular formula is C4H10FLiO3S. The molecule has 0 rings (SSSR count). The standard InChI is InChI=1S/C4H9FO3S.Li.H/c5-3-1-2-4-9(6,7)8;;/h1-4H2,(H,6,7,8);;/q;+1;-1. The predicted octanol–water partition coefficient (Wildman–Crippen LogP) is -2.26. The Labute approximate surface area is 73.4 Å². The Kier molecular flexibility index (Phi) is 8.05. The molecule has 0 atom stereocenters. The maximum atomic E-state index is 11.3. The van der Waals surface area contributed by atoms with Gasteiger partial charge in [-0.1, -0.05) is 0 Å². The molecule has 0 aromatic heterocycles. The van der Waals surface area contributed by atoms with Gasteiger partial charge in [-0.05, 0) is 12.8 Å². The molecule has 6 heteroatoms. The van der Waals surface area contributed by atoms with Crippen molar-refractivity contribution in [3.63, 3.8) is 0 Å². The molecular weight excluding hydrogens is 154 g/mol. The summed E-state index contributed by atoms with van der Waals surface area (Å²) in [5, 5.41) is 0. The summed E-state index contributed by atoms with van der Waals surface area (Å²) < 4.78 is 39.3. The zero-order valence-corrected chi connectivity index (χ0v) is 6.69. The Morgan fingerprint density at radius 1 is 1.40 bits per heavy atom.